The van der Waals surface area contributed by atoms with Crippen LogP contribution < -0.4 is 15.5 Å². The summed E-state index contributed by atoms with van der Waals surface area (Å²) in [6.45, 7) is 4.41. The number of nitrogens with one attached hydrogen (secondary N) is 2. The number of carbonyl (C=O) groups is 1. The summed E-state index contributed by atoms with van der Waals surface area (Å²) in [6, 6.07) is 42.4. The van der Waals surface area contributed by atoms with E-state index in [1.807, 2.05) is 60.8 Å². The summed E-state index contributed by atoms with van der Waals surface area (Å²) >= 11 is 0. The number of carbonyl (C=O) groups excluding carboxylic acids is 1. The number of aromatic nitrogens is 3. The number of rotatable bonds is 10. The van der Waals surface area contributed by atoms with Gasteiger partial charge in [0.15, 0.2) is 5.82 Å². The van der Waals surface area contributed by atoms with Crippen molar-refractivity contribution in [3.63, 3.8) is 0 Å². The molecular weight excluding hydrogens is 612 g/mol. The van der Waals surface area contributed by atoms with E-state index in [1.165, 1.54) is 0 Å². The average Bonchev–Trinajstić information content (AvgIpc) is 3.52. The van der Waals surface area contributed by atoms with Crippen molar-refractivity contribution in [1.82, 2.24) is 20.1 Å². The largest absolute Gasteiger partial charge is 0.382 e. The zero-order chi connectivity index (χ0) is 33.6. The van der Waals surface area contributed by atoms with Gasteiger partial charge in [-0.15, -0.1) is 0 Å². The maximum Gasteiger partial charge on any atom is 0.320 e. The monoisotopic (exact) mass is 652 g/mol. The standard InChI is InChI=1S/C40H40N6O3/c1-29-27-45(23-24-49-29)38-34-26-41-37(43-39(47)42-35(28-48-2)30-15-7-3-8-16-30)25-36(34)46(44-38)40(31-17-9-4-10-18-31,32-19-11-5-12-20-32)33-21-13-6-14-22-33/h3-22,25-26,29,35H,23-24,27-28H2,1-2H3,(H2,41,42,43,47)/t29?,35-/m1/s1. The fraction of sp³-hybridized carbons (Fsp3) is 0.225. The first-order valence-electron chi connectivity index (χ1n) is 16.6. The van der Waals surface area contributed by atoms with Gasteiger partial charge in [0.25, 0.3) is 0 Å². The molecule has 2 N–H and O–H groups in total. The Hall–Kier alpha value is -5.51. The highest BCUT2D eigenvalue weighted by Crippen LogP contribution is 2.44. The van der Waals surface area contributed by atoms with Gasteiger partial charge in [-0.2, -0.15) is 5.10 Å². The lowest BCUT2D eigenvalue weighted by Gasteiger charge is -2.37. The van der Waals surface area contributed by atoms with Crippen molar-refractivity contribution in [2.24, 2.45) is 0 Å². The molecule has 1 fully saturated rings. The molecule has 1 aliphatic rings. The average molecular weight is 653 g/mol. The second-order valence-corrected chi connectivity index (χ2v) is 12.3. The maximum atomic E-state index is 13.5. The van der Waals surface area contributed by atoms with Crippen LogP contribution in [0.2, 0.25) is 0 Å². The van der Waals surface area contributed by atoms with Crippen LogP contribution in [0.3, 0.4) is 0 Å². The Bertz CT molecular complexity index is 1890. The van der Waals surface area contributed by atoms with Gasteiger partial charge in [-0.3, -0.25) is 5.32 Å². The summed E-state index contributed by atoms with van der Waals surface area (Å²) in [6.07, 6.45) is 1.87. The van der Waals surface area contributed by atoms with Crippen molar-refractivity contribution in [3.8, 4) is 0 Å². The molecule has 4 aromatic carbocycles. The number of pyridine rings is 1. The zero-order valence-corrected chi connectivity index (χ0v) is 27.7. The number of hydrogen-bond acceptors (Lipinski definition) is 6. The third-order valence-electron chi connectivity index (χ3n) is 9.06. The topological polar surface area (TPSA) is 93.5 Å². The van der Waals surface area contributed by atoms with E-state index < -0.39 is 5.54 Å². The number of fused-ring (bicyclic) bond motifs is 1. The number of ether oxygens (including phenoxy) is 2. The summed E-state index contributed by atoms with van der Waals surface area (Å²) in [4.78, 5) is 20.5. The van der Waals surface area contributed by atoms with Crippen molar-refractivity contribution in [3.05, 3.63) is 156 Å². The van der Waals surface area contributed by atoms with Crippen LogP contribution in [0.15, 0.2) is 134 Å². The SMILES string of the molecule is COC[C@@H](NC(=O)Nc1cc2c(cn1)c(N1CCOC(C)C1)nn2C(c1ccccc1)(c1ccccc1)c1ccccc1)c1ccccc1. The number of nitrogens with zero attached hydrogens (tertiary/aromatic N) is 4. The number of anilines is 2. The van der Waals surface area contributed by atoms with E-state index in [-0.39, 0.29) is 18.2 Å². The molecule has 2 aromatic heterocycles. The van der Waals surface area contributed by atoms with Crippen molar-refractivity contribution in [2.75, 3.05) is 43.6 Å². The number of amides is 2. The predicted molar refractivity (Wildman–Crippen MR) is 193 cm³/mol. The van der Waals surface area contributed by atoms with Gasteiger partial charge < -0.3 is 19.7 Å². The highest BCUT2D eigenvalue weighted by atomic mass is 16.5. The van der Waals surface area contributed by atoms with Gasteiger partial charge in [-0.25, -0.2) is 14.5 Å². The van der Waals surface area contributed by atoms with E-state index in [9.17, 15) is 4.79 Å². The Kier molecular flexibility index (Phi) is 9.36. The lowest BCUT2D eigenvalue weighted by Crippen LogP contribution is -2.42. The molecule has 0 bridgehead atoms. The van der Waals surface area contributed by atoms with Gasteiger partial charge in [0.05, 0.1) is 36.3 Å². The Morgan fingerprint density at radius 1 is 0.898 bits per heavy atom. The number of methoxy groups -OCH3 is 1. The fourth-order valence-corrected chi connectivity index (χ4v) is 6.85. The molecule has 0 spiro atoms. The van der Waals surface area contributed by atoms with E-state index in [0.717, 1.165) is 39.0 Å². The first-order chi connectivity index (χ1) is 24.1. The van der Waals surface area contributed by atoms with Crippen LogP contribution in [0.25, 0.3) is 10.9 Å². The third kappa shape index (κ3) is 6.38. The molecule has 0 aliphatic carbocycles. The minimum Gasteiger partial charge on any atom is -0.382 e. The van der Waals surface area contributed by atoms with Gasteiger partial charge in [0.1, 0.15) is 11.4 Å². The molecule has 7 rings (SSSR count). The van der Waals surface area contributed by atoms with Gasteiger partial charge in [-0.05, 0) is 29.2 Å². The fourth-order valence-electron chi connectivity index (χ4n) is 6.85. The lowest BCUT2D eigenvalue weighted by molar-refractivity contribution is 0.0529. The van der Waals surface area contributed by atoms with Crippen LogP contribution in [-0.4, -0.2) is 60.3 Å². The Morgan fingerprint density at radius 2 is 1.47 bits per heavy atom. The Labute approximate surface area is 286 Å². The van der Waals surface area contributed by atoms with Crippen molar-refractivity contribution in [2.45, 2.75) is 24.6 Å². The molecule has 6 aromatic rings. The van der Waals surface area contributed by atoms with Crippen molar-refractivity contribution >= 4 is 28.6 Å². The molecule has 1 saturated heterocycles. The van der Waals surface area contributed by atoms with Crippen LogP contribution in [0.4, 0.5) is 16.4 Å². The Morgan fingerprint density at radius 3 is 2.02 bits per heavy atom. The normalized spacial score (nSPS) is 15.6. The second kappa shape index (κ2) is 14.3. The predicted octanol–water partition coefficient (Wildman–Crippen LogP) is 7.01. The minimum absolute atomic E-state index is 0.0540. The highest BCUT2D eigenvalue weighted by molar-refractivity contribution is 5.95. The van der Waals surface area contributed by atoms with E-state index in [1.54, 1.807) is 7.11 Å². The number of benzene rings is 4. The van der Waals surface area contributed by atoms with Gasteiger partial charge >= 0.3 is 6.03 Å². The number of hydrogen-bond donors (Lipinski definition) is 2. The van der Waals surface area contributed by atoms with E-state index in [4.69, 9.17) is 19.6 Å². The minimum atomic E-state index is -0.865. The summed E-state index contributed by atoms with van der Waals surface area (Å²) in [5.74, 6) is 1.23. The zero-order valence-electron chi connectivity index (χ0n) is 27.7. The van der Waals surface area contributed by atoms with E-state index in [0.29, 0.717) is 32.1 Å². The molecule has 0 saturated carbocycles. The summed E-state index contributed by atoms with van der Waals surface area (Å²) in [5.41, 5.74) is 4.06. The van der Waals surface area contributed by atoms with Crippen molar-refractivity contribution < 1.29 is 14.3 Å². The first kappa shape index (κ1) is 32.1. The van der Waals surface area contributed by atoms with Gasteiger partial charge in [0.2, 0.25) is 0 Å². The molecule has 3 heterocycles. The quantitative estimate of drug-likeness (QED) is 0.155. The van der Waals surface area contributed by atoms with Crippen LogP contribution in [0, 0.1) is 0 Å². The van der Waals surface area contributed by atoms with Crippen molar-refractivity contribution in [1.29, 1.82) is 0 Å². The molecule has 1 unspecified atom stereocenters. The molecule has 1 aliphatic heterocycles. The molecule has 0 radical (unpaired) electrons. The first-order valence-corrected chi connectivity index (χ1v) is 16.6. The molecule has 2 amide bonds. The molecule has 248 valence electrons. The Balaban J connectivity index is 1.41. The molecule has 9 heteroatoms. The van der Waals surface area contributed by atoms with Crippen LogP contribution in [0.5, 0.6) is 0 Å². The maximum absolute atomic E-state index is 13.5. The second-order valence-electron chi connectivity index (χ2n) is 12.3. The number of urea groups is 1. The lowest BCUT2D eigenvalue weighted by atomic mass is 9.77. The molecule has 9 nitrogen and oxygen atoms in total. The molecule has 49 heavy (non-hydrogen) atoms. The number of morpholine rings is 1. The van der Waals surface area contributed by atoms with Crippen LogP contribution >= 0.6 is 0 Å². The third-order valence-corrected chi connectivity index (χ3v) is 9.06. The molecular formula is C40H40N6O3. The summed E-state index contributed by atoms with van der Waals surface area (Å²) < 4.78 is 13.5. The smallest absolute Gasteiger partial charge is 0.320 e. The van der Waals surface area contributed by atoms with Crippen LogP contribution in [-0.2, 0) is 15.0 Å². The van der Waals surface area contributed by atoms with E-state index in [2.05, 4.69) is 99.9 Å². The van der Waals surface area contributed by atoms with E-state index >= 15 is 0 Å². The summed E-state index contributed by atoms with van der Waals surface area (Å²) in [7, 11) is 1.62. The highest BCUT2D eigenvalue weighted by Gasteiger charge is 2.41. The molecule has 2 atom stereocenters. The summed E-state index contributed by atoms with van der Waals surface area (Å²) in [5, 5.41) is 12.4. The van der Waals surface area contributed by atoms with Gasteiger partial charge in [0, 0.05) is 32.5 Å². The van der Waals surface area contributed by atoms with Crippen LogP contribution in [0.1, 0.15) is 35.2 Å². The van der Waals surface area contributed by atoms with Gasteiger partial charge in [-0.1, -0.05) is 121 Å².